The Labute approximate surface area is 229 Å². The van der Waals surface area contributed by atoms with E-state index in [4.69, 9.17) is 14.5 Å². The Balaban J connectivity index is 1.26. The molecule has 1 aromatic carbocycles. The van der Waals surface area contributed by atoms with Crippen molar-refractivity contribution in [3.05, 3.63) is 70.9 Å². The molecule has 10 nitrogen and oxygen atoms in total. The Bertz CT molecular complexity index is 1340. The van der Waals surface area contributed by atoms with E-state index in [0.717, 1.165) is 79.4 Å². The van der Waals surface area contributed by atoms with Crippen LogP contribution in [0.15, 0.2) is 42.7 Å². The van der Waals surface area contributed by atoms with Crippen LogP contribution >= 0.6 is 0 Å². The number of carbonyl (C=O) groups excluding carboxylic acids is 1. The van der Waals surface area contributed by atoms with Crippen molar-refractivity contribution < 1.29 is 14.3 Å². The van der Waals surface area contributed by atoms with Gasteiger partial charge in [0.05, 0.1) is 25.5 Å². The van der Waals surface area contributed by atoms with Crippen LogP contribution in [0.1, 0.15) is 35.1 Å². The third-order valence-electron chi connectivity index (χ3n) is 7.57. The molecule has 0 unspecified atom stereocenters. The largest absolute Gasteiger partial charge is 0.480 e. The summed E-state index contributed by atoms with van der Waals surface area (Å²) in [6.45, 7) is 7.30. The van der Waals surface area contributed by atoms with Crippen LogP contribution in [0.2, 0.25) is 0 Å². The van der Waals surface area contributed by atoms with Crippen LogP contribution in [0, 0.1) is 0 Å². The van der Waals surface area contributed by atoms with Crippen molar-refractivity contribution in [1.29, 1.82) is 0 Å². The van der Waals surface area contributed by atoms with Gasteiger partial charge in [-0.3, -0.25) is 19.3 Å². The average molecular weight is 532 g/mol. The highest BCUT2D eigenvalue weighted by molar-refractivity contribution is 5.97. The number of amides is 1. The maximum absolute atomic E-state index is 13.2. The molecule has 1 atom stereocenters. The Morgan fingerprint density at radius 1 is 1.15 bits per heavy atom. The van der Waals surface area contributed by atoms with E-state index in [-0.39, 0.29) is 11.9 Å². The third-order valence-corrected chi connectivity index (χ3v) is 7.57. The van der Waals surface area contributed by atoms with Gasteiger partial charge in [-0.25, -0.2) is 9.97 Å². The number of ether oxygens (including phenoxy) is 2. The number of piperazine rings is 1. The minimum atomic E-state index is -0.201. The number of allylic oxidation sites excluding steroid dienone is 1. The molecule has 0 saturated carbocycles. The van der Waals surface area contributed by atoms with Crippen LogP contribution < -0.4 is 10.1 Å². The van der Waals surface area contributed by atoms with Crippen LogP contribution in [0.25, 0.3) is 5.57 Å². The van der Waals surface area contributed by atoms with Gasteiger partial charge in [0.25, 0.3) is 0 Å². The number of nitrogens with zero attached hydrogens (tertiary/aromatic N) is 6. The fourth-order valence-electron chi connectivity index (χ4n) is 5.35. The van der Waals surface area contributed by atoms with Gasteiger partial charge in [0, 0.05) is 82.5 Å². The summed E-state index contributed by atoms with van der Waals surface area (Å²) in [5, 5.41) is 7.54. The summed E-state index contributed by atoms with van der Waals surface area (Å²) in [4.78, 5) is 27.2. The highest BCUT2D eigenvalue weighted by Crippen LogP contribution is 2.36. The standard InChI is InChI=1S/C29H37N7O3/c1-20(36-14-12-35(13-15-36)16-17-38-3)28(37)32-25-7-5-6-22-23(25)8-9-24(22)26-10-11-30-27(31-26)18-21-19-34(2)33-29(21)39-4/h5-7,9-11,19-20H,8,12-18H2,1-4H3,(H,32,37)/t20-/m1/s1. The van der Waals surface area contributed by atoms with E-state index in [0.29, 0.717) is 18.1 Å². The molecule has 1 amide bonds. The van der Waals surface area contributed by atoms with Crippen LogP contribution in [0.5, 0.6) is 5.88 Å². The topological polar surface area (TPSA) is 97.6 Å². The first-order chi connectivity index (χ1) is 19.0. The maximum atomic E-state index is 13.2. The quantitative estimate of drug-likeness (QED) is 0.426. The van der Waals surface area contributed by atoms with E-state index in [1.165, 1.54) is 0 Å². The Morgan fingerprint density at radius 2 is 1.97 bits per heavy atom. The van der Waals surface area contributed by atoms with Crippen molar-refractivity contribution in [2.75, 3.05) is 58.9 Å². The number of aryl methyl sites for hydroxylation is 1. The number of rotatable bonds is 10. The number of carbonyl (C=O) groups is 1. The summed E-state index contributed by atoms with van der Waals surface area (Å²) in [6.07, 6.45) is 7.17. The summed E-state index contributed by atoms with van der Waals surface area (Å²) in [7, 11) is 5.21. The van der Waals surface area contributed by atoms with Crippen molar-refractivity contribution in [2.24, 2.45) is 7.05 Å². The summed E-state index contributed by atoms with van der Waals surface area (Å²) in [5.41, 5.74) is 5.94. The number of methoxy groups -OCH3 is 2. The minimum absolute atomic E-state index is 0.0249. The lowest BCUT2D eigenvalue weighted by atomic mass is 10.0. The molecule has 1 saturated heterocycles. The van der Waals surface area contributed by atoms with Crippen LogP contribution in [0.4, 0.5) is 5.69 Å². The van der Waals surface area contributed by atoms with Crippen molar-refractivity contribution in [1.82, 2.24) is 29.5 Å². The first-order valence-electron chi connectivity index (χ1n) is 13.4. The van der Waals surface area contributed by atoms with Crippen LogP contribution in [0.3, 0.4) is 0 Å². The molecule has 2 aromatic heterocycles. The van der Waals surface area contributed by atoms with E-state index in [1.807, 2.05) is 38.4 Å². The molecular weight excluding hydrogens is 494 g/mol. The van der Waals surface area contributed by atoms with E-state index in [2.05, 4.69) is 37.3 Å². The highest BCUT2D eigenvalue weighted by Gasteiger charge is 2.27. The molecule has 2 aliphatic rings. The summed E-state index contributed by atoms with van der Waals surface area (Å²) in [6, 6.07) is 7.81. The lowest BCUT2D eigenvalue weighted by molar-refractivity contribution is -0.121. The van der Waals surface area contributed by atoms with E-state index in [1.54, 1.807) is 25.1 Å². The van der Waals surface area contributed by atoms with Gasteiger partial charge in [0.1, 0.15) is 5.82 Å². The predicted molar refractivity (Wildman–Crippen MR) is 150 cm³/mol. The zero-order valence-electron chi connectivity index (χ0n) is 23.2. The monoisotopic (exact) mass is 531 g/mol. The van der Waals surface area contributed by atoms with E-state index >= 15 is 0 Å². The first-order valence-corrected chi connectivity index (χ1v) is 13.4. The molecule has 0 radical (unpaired) electrons. The van der Waals surface area contributed by atoms with Crippen molar-refractivity contribution >= 4 is 17.2 Å². The smallest absolute Gasteiger partial charge is 0.241 e. The molecule has 206 valence electrons. The summed E-state index contributed by atoms with van der Waals surface area (Å²) < 4.78 is 12.3. The van der Waals surface area contributed by atoms with Gasteiger partial charge in [-0.1, -0.05) is 18.2 Å². The molecule has 1 aliphatic heterocycles. The van der Waals surface area contributed by atoms with Gasteiger partial charge in [-0.05, 0) is 36.6 Å². The van der Waals surface area contributed by atoms with Gasteiger partial charge >= 0.3 is 0 Å². The zero-order chi connectivity index (χ0) is 27.4. The van der Waals surface area contributed by atoms with Gasteiger partial charge in [0.2, 0.25) is 11.8 Å². The number of benzene rings is 1. The molecule has 10 heteroatoms. The number of nitrogens with one attached hydrogen (secondary N) is 1. The molecular formula is C29H37N7O3. The summed E-state index contributed by atoms with van der Waals surface area (Å²) in [5.74, 6) is 1.31. The van der Waals surface area contributed by atoms with Gasteiger partial charge in [0.15, 0.2) is 0 Å². The second-order valence-corrected chi connectivity index (χ2v) is 10.1. The number of hydrogen-bond acceptors (Lipinski definition) is 8. The molecule has 0 spiro atoms. The molecule has 3 aromatic rings. The Morgan fingerprint density at radius 3 is 2.74 bits per heavy atom. The average Bonchev–Trinajstić information content (AvgIpc) is 3.55. The second kappa shape index (κ2) is 12.1. The van der Waals surface area contributed by atoms with Crippen molar-refractivity contribution in [3.8, 4) is 5.88 Å². The van der Waals surface area contributed by atoms with Crippen LogP contribution in [-0.4, -0.2) is 95.0 Å². The molecule has 39 heavy (non-hydrogen) atoms. The van der Waals surface area contributed by atoms with Crippen molar-refractivity contribution in [3.63, 3.8) is 0 Å². The van der Waals surface area contributed by atoms with Gasteiger partial charge < -0.3 is 14.8 Å². The molecule has 1 aliphatic carbocycles. The number of aromatic nitrogens is 4. The van der Waals surface area contributed by atoms with E-state index < -0.39 is 0 Å². The zero-order valence-corrected chi connectivity index (χ0v) is 23.2. The fourth-order valence-corrected chi connectivity index (χ4v) is 5.35. The second-order valence-electron chi connectivity index (χ2n) is 10.1. The number of fused-ring (bicyclic) bond motifs is 1. The normalized spacial score (nSPS) is 16.6. The highest BCUT2D eigenvalue weighted by atomic mass is 16.5. The molecule has 1 N–H and O–H groups in total. The lowest BCUT2D eigenvalue weighted by Gasteiger charge is -2.37. The SMILES string of the molecule is COCCN1CCN([C@H](C)C(=O)Nc2cccc3c2CC=C3c2ccnc(Cc3cn(C)nc3OC)n2)CC1. The van der Waals surface area contributed by atoms with Gasteiger partial charge in [-0.15, -0.1) is 5.10 Å². The molecule has 0 bridgehead atoms. The lowest BCUT2D eigenvalue weighted by Crippen LogP contribution is -2.53. The Hall–Kier alpha value is -3.60. The predicted octanol–water partition coefficient (Wildman–Crippen LogP) is 2.39. The van der Waals surface area contributed by atoms with E-state index in [9.17, 15) is 4.79 Å². The number of anilines is 1. The van der Waals surface area contributed by atoms with Crippen molar-refractivity contribution in [2.45, 2.75) is 25.8 Å². The molecule has 3 heterocycles. The summed E-state index contributed by atoms with van der Waals surface area (Å²) >= 11 is 0. The fraction of sp³-hybridized carbons (Fsp3) is 0.448. The van der Waals surface area contributed by atoms with Crippen LogP contribution in [-0.2, 0) is 29.4 Å². The maximum Gasteiger partial charge on any atom is 0.241 e. The molecule has 1 fully saturated rings. The number of hydrogen-bond donors (Lipinski definition) is 1. The minimum Gasteiger partial charge on any atom is -0.480 e. The first kappa shape index (κ1) is 27.0. The Kier molecular flexibility index (Phi) is 8.35. The molecule has 5 rings (SSSR count). The third kappa shape index (κ3) is 6.03. The van der Waals surface area contributed by atoms with Gasteiger partial charge in [-0.2, -0.15) is 0 Å².